The number of anilines is 2. The molecule has 0 fully saturated rings. The second-order valence-electron chi connectivity index (χ2n) is 7.26. The zero-order valence-corrected chi connectivity index (χ0v) is 19.2. The first-order chi connectivity index (χ1) is 16.0. The minimum absolute atomic E-state index is 0.283. The Balaban J connectivity index is 1.49. The summed E-state index contributed by atoms with van der Waals surface area (Å²) in [7, 11) is 0. The van der Waals surface area contributed by atoms with Gasteiger partial charge in [0, 0.05) is 16.3 Å². The molecule has 1 amide bonds. The number of halogens is 1. The third-order valence-electron chi connectivity index (χ3n) is 4.95. The van der Waals surface area contributed by atoms with Crippen LogP contribution in [0.4, 0.5) is 11.1 Å². The van der Waals surface area contributed by atoms with Gasteiger partial charge in [-0.15, -0.1) is 10.2 Å². The fourth-order valence-corrected chi connectivity index (χ4v) is 4.32. The summed E-state index contributed by atoms with van der Waals surface area (Å²) in [6, 6.07) is 14.4. The Morgan fingerprint density at radius 2 is 1.91 bits per heavy atom. The van der Waals surface area contributed by atoms with Gasteiger partial charge in [-0.2, -0.15) is 4.98 Å². The molecule has 1 aliphatic rings. The summed E-state index contributed by atoms with van der Waals surface area (Å²) < 4.78 is 5.75. The van der Waals surface area contributed by atoms with Crippen LogP contribution in [0.1, 0.15) is 23.5 Å². The molecule has 3 N–H and O–H groups in total. The van der Waals surface area contributed by atoms with Crippen LogP contribution in [0.5, 0.6) is 0 Å². The molecule has 1 aliphatic heterocycles. The maximum atomic E-state index is 13.2. The maximum absolute atomic E-state index is 13.2. The van der Waals surface area contributed by atoms with Crippen molar-refractivity contribution >= 4 is 57.1 Å². The van der Waals surface area contributed by atoms with Crippen LogP contribution in [-0.2, 0) is 4.79 Å². The number of nitrogens with zero attached hydrogens (tertiary/aromatic N) is 4. The number of rotatable bonds is 4. The zero-order chi connectivity index (χ0) is 22.9. The Hall–Kier alpha value is -3.76. The number of hydrogen-bond acceptors (Lipinski definition) is 9. The minimum Gasteiger partial charge on any atom is -0.423 e. The molecule has 2 aromatic heterocycles. The Bertz CT molecular complexity index is 1390. The predicted molar refractivity (Wildman–Crippen MR) is 128 cm³/mol. The van der Waals surface area contributed by atoms with Gasteiger partial charge >= 0.3 is 6.01 Å². The molecule has 0 bridgehead atoms. The average Bonchev–Trinajstić information content (AvgIpc) is 3.38. The van der Waals surface area contributed by atoms with E-state index in [1.807, 2.05) is 49.4 Å². The summed E-state index contributed by atoms with van der Waals surface area (Å²) in [5.41, 5.74) is 3.08. The van der Waals surface area contributed by atoms with Gasteiger partial charge in [0.05, 0.1) is 5.57 Å². The summed E-state index contributed by atoms with van der Waals surface area (Å²) in [5.74, 6) is 0.0398. The number of para-hydroxylation sites is 2. The molecule has 33 heavy (non-hydrogen) atoms. The van der Waals surface area contributed by atoms with Crippen LogP contribution in [0.3, 0.4) is 0 Å². The third kappa shape index (κ3) is 4.30. The molecular weight excluding hydrogens is 462 g/mol. The van der Waals surface area contributed by atoms with Crippen LogP contribution in [0.15, 0.2) is 69.2 Å². The molecule has 9 nitrogen and oxygen atoms in total. The van der Waals surface area contributed by atoms with Crippen molar-refractivity contribution in [2.24, 2.45) is 4.99 Å². The van der Waals surface area contributed by atoms with Crippen LogP contribution in [0, 0.1) is 6.92 Å². The van der Waals surface area contributed by atoms with E-state index in [2.05, 4.69) is 31.1 Å². The highest BCUT2D eigenvalue weighted by Crippen LogP contribution is 2.35. The number of aryl methyl sites for hydroxylation is 1. The first kappa shape index (κ1) is 21.1. The summed E-state index contributed by atoms with van der Waals surface area (Å²) in [6.07, 6.45) is 0. The van der Waals surface area contributed by atoms with E-state index in [9.17, 15) is 4.79 Å². The number of carbonyl (C=O) groups excluding carboxylic acids is 1. The monoisotopic (exact) mass is 479 g/mol. The van der Waals surface area contributed by atoms with Crippen molar-refractivity contribution in [2.75, 3.05) is 10.6 Å². The smallest absolute Gasteiger partial charge is 0.302 e. The van der Waals surface area contributed by atoms with Gasteiger partial charge in [-0.1, -0.05) is 53.3 Å². The second kappa shape index (κ2) is 8.64. The van der Waals surface area contributed by atoms with E-state index in [-0.39, 0.29) is 11.9 Å². The van der Waals surface area contributed by atoms with Gasteiger partial charge < -0.3 is 9.73 Å². The average molecular weight is 480 g/mol. The number of guanidine groups is 1. The number of nitrogens with one attached hydrogen (secondary N) is 3. The van der Waals surface area contributed by atoms with Crippen molar-refractivity contribution in [1.82, 2.24) is 20.5 Å². The standard InChI is InChI=1S/C22H18ClN7O2S/c1-11-17(19(31)27-22-30-29-12(2)33-22)18(13-7-3-4-8-14(13)23)26-20(24-11)28-21-25-15-9-5-6-10-16(15)32-21/h3-10,18H,1-2H3,(H,27,30,31)(H2,24,25,26,28). The molecule has 0 saturated carbocycles. The van der Waals surface area contributed by atoms with E-state index in [1.165, 1.54) is 11.3 Å². The highest BCUT2D eigenvalue weighted by Gasteiger charge is 2.31. The SMILES string of the molecule is CC1=C(C(=O)Nc2nnc(C)s2)C(c2ccccc2Cl)N=C(Nc2nc3ccccc3o2)N1. The quantitative estimate of drug-likeness (QED) is 0.389. The van der Waals surface area contributed by atoms with E-state index in [0.717, 1.165) is 10.5 Å². The van der Waals surface area contributed by atoms with E-state index in [4.69, 9.17) is 21.0 Å². The number of amides is 1. The van der Waals surface area contributed by atoms with Gasteiger partial charge in [0.15, 0.2) is 5.58 Å². The molecule has 3 heterocycles. The summed E-state index contributed by atoms with van der Waals surface area (Å²) in [5, 5.41) is 18.6. The molecule has 0 saturated heterocycles. The number of allylic oxidation sites excluding steroid dienone is 1. The maximum Gasteiger partial charge on any atom is 0.302 e. The van der Waals surface area contributed by atoms with Gasteiger partial charge in [-0.3, -0.25) is 15.4 Å². The Kier molecular flexibility index (Phi) is 5.53. The van der Waals surface area contributed by atoms with E-state index in [0.29, 0.717) is 38.5 Å². The van der Waals surface area contributed by atoms with Gasteiger partial charge in [-0.05, 0) is 32.0 Å². The molecule has 1 unspecified atom stereocenters. The van der Waals surface area contributed by atoms with E-state index in [1.54, 1.807) is 13.0 Å². The molecule has 0 aliphatic carbocycles. The highest BCUT2D eigenvalue weighted by atomic mass is 35.5. The predicted octanol–water partition coefficient (Wildman–Crippen LogP) is 4.67. The fourth-order valence-electron chi connectivity index (χ4n) is 3.49. The van der Waals surface area contributed by atoms with Gasteiger partial charge in [0.25, 0.3) is 5.91 Å². The lowest BCUT2D eigenvalue weighted by molar-refractivity contribution is -0.113. The van der Waals surface area contributed by atoms with Gasteiger partial charge in [0.1, 0.15) is 16.6 Å². The first-order valence-corrected chi connectivity index (χ1v) is 11.2. The topological polar surface area (TPSA) is 117 Å². The third-order valence-corrected chi connectivity index (χ3v) is 6.05. The van der Waals surface area contributed by atoms with Crippen molar-refractivity contribution in [3.8, 4) is 0 Å². The number of fused-ring (bicyclic) bond motifs is 1. The normalized spacial score (nSPS) is 15.8. The number of hydrogen-bond donors (Lipinski definition) is 3. The van der Waals surface area contributed by atoms with Crippen LogP contribution in [0.2, 0.25) is 5.02 Å². The largest absolute Gasteiger partial charge is 0.423 e. The molecule has 2 aromatic carbocycles. The lowest BCUT2D eigenvalue weighted by Crippen LogP contribution is -2.37. The molecule has 166 valence electrons. The molecule has 0 spiro atoms. The number of aliphatic imine (C=N–C) groups is 1. The van der Waals surface area contributed by atoms with Crippen LogP contribution < -0.4 is 16.0 Å². The fraction of sp³-hybridized carbons (Fsp3) is 0.136. The van der Waals surface area contributed by atoms with Crippen molar-refractivity contribution in [2.45, 2.75) is 19.9 Å². The highest BCUT2D eigenvalue weighted by molar-refractivity contribution is 7.15. The molecule has 0 radical (unpaired) electrons. The Morgan fingerprint density at radius 1 is 1.12 bits per heavy atom. The zero-order valence-electron chi connectivity index (χ0n) is 17.6. The van der Waals surface area contributed by atoms with Gasteiger partial charge in [-0.25, -0.2) is 4.99 Å². The number of oxazole rings is 1. The number of aromatic nitrogens is 3. The Morgan fingerprint density at radius 3 is 2.67 bits per heavy atom. The molecule has 5 rings (SSSR count). The van der Waals surface area contributed by atoms with Crippen molar-refractivity contribution in [3.05, 3.63) is 75.4 Å². The van der Waals surface area contributed by atoms with Crippen molar-refractivity contribution < 1.29 is 9.21 Å². The van der Waals surface area contributed by atoms with E-state index >= 15 is 0 Å². The van der Waals surface area contributed by atoms with Crippen molar-refractivity contribution in [3.63, 3.8) is 0 Å². The van der Waals surface area contributed by atoms with Crippen molar-refractivity contribution in [1.29, 1.82) is 0 Å². The molecular formula is C22H18ClN7O2S. The number of benzene rings is 2. The Labute approximate surface area is 197 Å². The lowest BCUT2D eigenvalue weighted by atomic mass is 9.95. The molecule has 11 heteroatoms. The minimum atomic E-state index is -0.666. The van der Waals surface area contributed by atoms with E-state index < -0.39 is 6.04 Å². The van der Waals surface area contributed by atoms with Crippen LogP contribution in [0.25, 0.3) is 11.1 Å². The summed E-state index contributed by atoms with van der Waals surface area (Å²) in [4.78, 5) is 22.4. The second-order valence-corrected chi connectivity index (χ2v) is 8.85. The van der Waals surface area contributed by atoms with Crippen LogP contribution in [-0.4, -0.2) is 27.0 Å². The molecule has 1 atom stereocenters. The number of carbonyl (C=O) groups is 1. The lowest BCUT2D eigenvalue weighted by Gasteiger charge is -2.26. The van der Waals surface area contributed by atoms with Gasteiger partial charge in [0.2, 0.25) is 11.1 Å². The summed E-state index contributed by atoms with van der Waals surface area (Å²) >= 11 is 7.78. The summed E-state index contributed by atoms with van der Waals surface area (Å²) in [6.45, 7) is 3.62. The molecule has 4 aromatic rings. The first-order valence-electron chi connectivity index (χ1n) is 10.0. The van der Waals surface area contributed by atoms with Crippen LogP contribution >= 0.6 is 22.9 Å².